The lowest BCUT2D eigenvalue weighted by molar-refractivity contribution is -0.157. The summed E-state index contributed by atoms with van der Waals surface area (Å²) in [7, 11) is 3.14. The number of hydrogen-bond acceptors (Lipinski definition) is 6. The van der Waals surface area contributed by atoms with E-state index in [1.165, 1.54) is 6.92 Å². The van der Waals surface area contributed by atoms with Gasteiger partial charge in [-0.15, -0.1) is 0 Å². The molecule has 1 saturated heterocycles. The first-order valence-electron chi connectivity index (χ1n) is 10.6. The first kappa shape index (κ1) is 24.4. The Morgan fingerprint density at radius 3 is 2.61 bits per heavy atom. The minimum atomic E-state index is -1.01. The maximum Gasteiger partial charge on any atom is 0.312 e. The van der Waals surface area contributed by atoms with E-state index in [0.29, 0.717) is 35.2 Å². The van der Waals surface area contributed by atoms with Crippen molar-refractivity contribution in [1.82, 2.24) is 4.90 Å². The number of carbonyl (C=O) groups is 3. The van der Waals surface area contributed by atoms with Gasteiger partial charge >= 0.3 is 5.97 Å². The van der Waals surface area contributed by atoms with Crippen molar-refractivity contribution >= 4 is 35.1 Å². The van der Waals surface area contributed by atoms with E-state index < -0.39 is 23.9 Å². The van der Waals surface area contributed by atoms with Crippen LogP contribution in [0.1, 0.15) is 18.9 Å². The normalized spacial score (nSPS) is 16.3. The molecule has 1 aliphatic heterocycles. The molecule has 9 heteroatoms. The van der Waals surface area contributed by atoms with Crippen molar-refractivity contribution in [3.05, 3.63) is 53.1 Å². The van der Waals surface area contributed by atoms with Crippen LogP contribution in [0, 0.1) is 5.92 Å². The Labute approximate surface area is 197 Å². The van der Waals surface area contributed by atoms with Crippen LogP contribution in [0.4, 0.5) is 5.69 Å². The Morgan fingerprint density at radius 1 is 1.15 bits per heavy atom. The van der Waals surface area contributed by atoms with Crippen molar-refractivity contribution in [2.45, 2.75) is 25.9 Å². The molecule has 0 aliphatic carbocycles. The van der Waals surface area contributed by atoms with Gasteiger partial charge in [0.25, 0.3) is 5.91 Å². The highest BCUT2D eigenvalue weighted by atomic mass is 35.5. The van der Waals surface area contributed by atoms with Gasteiger partial charge in [0.05, 0.1) is 20.1 Å². The number of nitrogens with one attached hydrogen (secondary N) is 1. The Kier molecular flexibility index (Phi) is 8.16. The summed E-state index contributed by atoms with van der Waals surface area (Å²) < 4.78 is 15.9. The quantitative estimate of drug-likeness (QED) is 0.560. The molecule has 176 valence electrons. The number of hydrogen-bond donors (Lipinski definition) is 1. The lowest BCUT2D eigenvalue weighted by atomic mass is 10.1. The Balaban J connectivity index is 1.50. The van der Waals surface area contributed by atoms with Crippen LogP contribution in [0.2, 0.25) is 5.02 Å². The lowest BCUT2D eigenvalue weighted by Crippen LogP contribution is -2.33. The fourth-order valence-electron chi connectivity index (χ4n) is 3.58. The van der Waals surface area contributed by atoms with Gasteiger partial charge in [-0.1, -0.05) is 23.7 Å². The van der Waals surface area contributed by atoms with Gasteiger partial charge in [-0.05, 0) is 49.2 Å². The van der Waals surface area contributed by atoms with E-state index in [-0.39, 0.29) is 18.9 Å². The number of ether oxygens (including phenoxy) is 3. The summed E-state index contributed by atoms with van der Waals surface area (Å²) in [5, 5.41) is 3.14. The fraction of sp³-hybridized carbons (Fsp3) is 0.375. The number of halogens is 1. The van der Waals surface area contributed by atoms with E-state index >= 15 is 0 Å². The molecule has 2 atom stereocenters. The third-order valence-corrected chi connectivity index (χ3v) is 5.66. The predicted molar refractivity (Wildman–Crippen MR) is 124 cm³/mol. The fourth-order valence-corrected chi connectivity index (χ4v) is 3.77. The molecule has 0 saturated carbocycles. The van der Waals surface area contributed by atoms with Gasteiger partial charge in [0.1, 0.15) is 0 Å². The van der Waals surface area contributed by atoms with Crippen molar-refractivity contribution < 1.29 is 28.6 Å². The third kappa shape index (κ3) is 6.38. The van der Waals surface area contributed by atoms with E-state index in [4.69, 9.17) is 25.8 Å². The average molecular weight is 475 g/mol. The van der Waals surface area contributed by atoms with Gasteiger partial charge in [0.2, 0.25) is 5.91 Å². The highest BCUT2D eigenvalue weighted by molar-refractivity contribution is 6.30. The number of rotatable bonds is 9. The second-order valence-electron chi connectivity index (χ2n) is 7.76. The molecule has 33 heavy (non-hydrogen) atoms. The smallest absolute Gasteiger partial charge is 0.312 e. The monoisotopic (exact) mass is 474 g/mol. The van der Waals surface area contributed by atoms with E-state index in [0.717, 1.165) is 5.56 Å². The van der Waals surface area contributed by atoms with Gasteiger partial charge in [-0.3, -0.25) is 14.4 Å². The van der Waals surface area contributed by atoms with Crippen molar-refractivity contribution in [2.75, 3.05) is 32.6 Å². The standard InChI is InChI=1S/C24H27ClN2O6/c1-15(23(29)26-19-6-4-5-18(25)13-19)33-24(30)17-12-22(28)27(14-17)10-9-16-7-8-20(31-2)21(11-16)32-3/h4-8,11,13,15,17H,9-10,12,14H2,1-3H3,(H,26,29)/t15-,17-/m0/s1. The first-order valence-corrected chi connectivity index (χ1v) is 10.9. The maximum atomic E-state index is 12.6. The molecule has 3 rings (SSSR count). The maximum absolute atomic E-state index is 12.6. The number of likely N-dealkylation sites (tertiary alicyclic amines) is 1. The molecule has 0 radical (unpaired) electrons. The predicted octanol–water partition coefficient (Wildman–Crippen LogP) is 3.32. The SMILES string of the molecule is COc1ccc(CCN2C[C@@H](C(=O)O[C@@H](C)C(=O)Nc3cccc(Cl)c3)CC2=O)cc1OC. The molecule has 2 aromatic rings. The van der Waals surface area contributed by atoms with Gasteiger partial charge < -0.3 is 24.4 Å². The van der Waals surface area contributed by atoms with Crippen molar-refractivity contribution in [1.29, 1.82) is 0 Å². The largest absolute Gasteiger partial charge is 0.493 e. The van der Waals surface area contributed by atoms with Crippen molar-refractivity contribution in [2.24, 2.45) is 5.92 Å². The molecule has 1 heterocycles. The Hall–Kier alpha value is -3.26. The molecule has 0 bridgehead atoms. The molecule has 1 aliphatic rings. The minimum Gasteiger partial charge on any atom is -0.493 e. The summed E-state index contributed by atoms with van der Waals surface area (Å²) >= 11 is 5.91. The lowest BCUT2D eigenvalue weighted by Gasteiger charge is -2.18. The zero-order valence-corrected chi connectivity index (χ0v) is 19.6. The Morgan fingerprint density at radius 2 is 1.91 bits per heavy atom. The zero-order chi connectivity index (χ0) is 24.0. The van der Waals surface area contributed by atoms with Crippen LogP contribution in [-0.4, -0.2) is 56.1 Å². The Bertz CT molecular complexity index is 1030. The summed E-state index contributed by atoms with van der Waals surface area (Å²) in [5.74, 6) is -0.507. The van der Waals surface area contributed by atoms with E-state index in [2.05, 4.69) is 5.32 Å². The van der Waals surface area contributed by atoms with E-state index in [1.807, 2.05) is 18.2 Å². The number of anilines is 1. The minimum absolute atomic E-state index is 0.0629. The highest BCUT2D eigenvalue weighted by Gasteiger charge is 2.36. The van der Waals surface area contributed by atoms with Crippen molar-refractivity contribution in [3.8, 4) is 11.5 Å². The summed E-state index contributed by atoms with van der Waals surface area (Å²) in [6.45, 7) is 2.21. The van der Waals surface area contributed by atoms with Crippen molar-refractivity contribution in [3.63, 3.8) is 0 Å². The number of benzene rings is 2. The van der Waals surface area contributed by atoms with Crippen LogP contribution >= 0.6 is 11.6 Å². The van der Waals surface area contributed by atoms with Gasteiger partial charge in [-0.2, -0.15) is 0 Å². The number of methoxy groups -OCH3 is 2. The second-order valence-corrected chi connectivity index (χ2v) is 8.20. The van der Waals surface area contributed by atoms with Crippen LogP contribution in [-0.2, 0) is 25.5 Å². The third-order valence-electron chi connectivity index (χ3n) is 5.42. The van der Waals surface area contributed by atoms with Gasteiger partial charge in [0, 0.05) is 30.2 Å². The molecule has 0 spiro atoms. The van der Waals surface area contributed by atoms with Crippen LogP contribution in [0.3, 0.4) is 0 Å². The van der Waals surface area contributed by atoms with Crippen LogP contribution in [0.15, 0.2) is 42.5 Å². The number of carbonyl (C=O) groups excluding carboxylic acids is 3. The van der Waals surface area contributed by atoms with E-state index in [1.54, 1.807) is 43.4 Å². The molecule has 1 N–H and O–H groups in total. The molecule has 0 unspecified atom stereocenters. The van der Waals surface area contributed by atoms with Gasteiger partial charge in [-0.25, -0.2) is 0 Å². The number of amides is 2. The molecular weight excluding hydrogens is 448 g/mol. The summed E-state index contributed by atoms with van der Waals surface area (Å²) in [5.41, 5.74) is 1.49. The second kappa shape index (κ2) is 11.0. The van der Waals surface area contributed by atoms with E-state index in [9.17, 15) is 14.4 Å². The molecule has 8 nitrogen and oxygen atoms in total. The van der Waals surface area contributed by atoms with Crippen LogP contribution in [0.25, 0.3) is 0 Å². The number of nitrogens with zero attached hydrogens (tertiary/aromatic N) is 1. The molecular formula is C24H27ClN2O6. The topological polar surface area (TPSA) is 94.2 Å². The van der Waals surface area contributed by atoms with Crippen LogP contribution in [0.5, 0.6) is 11.5 Å². The zero-order valence-electron chi connectivity index (χ0n) is 18.8. The number of esters is 1. The molecule has 1 fully saturated rings. The molecule has 2 aromatic carbocycles. The molecule has 2 amide bonds. The van der Waals surface area contributed by atoms with Gasteiger partial charge in [0.15, 0.2) is 17.6 Å². The highest BCUT2D eigenvalue weighted by Crippen LogP contribution is 2.28. The summed E-state index contributed by atoms with van der Waals surface area (Å²) in [6.07, 6.45) is -0.341. The average Bonchev–Trinajstić information content (AvgIpc) is 3.18. The summed E-state index contributed by atoms with van der Waals surface area (Å²) in [6, 6.07) is 12.3. The first-order chi connectivity index (χ1) is 15.8. The summed E-state index contributed by atoms with van der Waals surface area (Å²) in [4.78, 5) is 38.9. The van der Waals surface area contributed by atoms with Crippen LogP contribution < -0.4 is 14.8 Å². The molecule has 0 aromatic heterocycles.